The number of alkyl halides is 3. The second kappa shape index (κ2) is 3.87. The highest BCUT2D eigenvalue weighted by Crippen LogP contribution is 2.24. The molecule has 0 spiro atoms. The van der Waals surface area contributed by atoms with Crippen molar-refractivity contribution in [2.24, 2.45) is 0 Å². The summed E-state index contributed by atoms with van der Waals surface area (Å²) in [6, 6.07) is 1.14. The third-order valence-corrected chi connectivity index (χ3v) is 1.99. The maximum atomic E-state index is 12.4. The number of halogens is 3. The molecular formula is C8H8ClF2NO. The van der Waals surface area contributed by atoms with Crippen molar-refractivity contribution in [2.75, 3.05) is 0 Å². The highest BCUT2D eigenvalue weighted by molar-refractivity contribution is 6.17. The van der Waals surface area contributed by atoms with Crippen LogP contribution in [0.3, 0.4) is 0 Å². The lowest BCUT2D eigenvalue weighted by Gasteiger charge is -2.08. The molecule has 0 bridgehead atoms. The maximum absolute atomic E-state index is 12.4. The molecule has 13 heavy (non-hydrogen) atoms. The van der Waals surface area contributed by atoms with Crippen LogP contribution in [-0.4, -0.2) is 4.98 Å². The summed E-state index contributed by atoms with van der Waals surface area (Å²) in [5, 5.41) is 0. The molecule has 0 aliphatic rings. The highest BCUT2D eigenvalue weighted by Gasteiger charge is 2.16. The zero-order chi connectivity index (χ0) is 10.0. The molecule has 1 N–H and O–H groups in total. The van der Waals surface area contributed by atoms with Gasteiger partial charge in [0.1, 0.15) is 0 Å². The Balaban J connectivity index is 3.38. The van der Waals surface area contributed by atoms with Gasteiger partial charge in [-0.2, -0.15) is 0 Å². The summed E-state index contributed by atoms with van der Waals surface area (Å²) in [4.78, 5) is 13.2. The summed E-state index contributed by atoms with van der Waals surface area (Å²) in [7, 11) is 0. The summed E-state index contributed by atoms with van der Waals surface area (Å²) in [6.45, 7) is 1.47. The van der Waals surface area contributed by atoms with E-state index in [0.717, 1.165) is 6.07 Å². The summed E-state index contributed by atoms with van der Waals surface area (Å²) < 4.78 is 24.9. The fraction of sp³-hybridized carbons (Fsp3) is 0.375. The molecule has 0 aliphatic carbocycles. The van der Waals surface area contributed by atoms with Gasteiger partial charge in [-0.15, -0.1) is 11.6 Å². The number of nitrogens with one attached hydrogen (secondary N) is 1. The largest absolute Gasteiger partial charge is 0.324 e. The lowest BCUT2D eigenvalue weighted by molar-refractivity contribution is 0.149. The minimum absolute atomic E-state index is 0.0988. The number of H-pyrrole nitrogens is 1. The molecule has 1 rings (SSSR count). The monoisotopic (exact) mass is 207 g/mol. The van der Waals surface area contributed by atoms with Crippen LogP contribution in [0.15, 0.2) is 10.9 Å². The zero-order valence-electron chi connectivity index (χ0n) is 6.90. The SMILES string of the molecule is Cc1cc(=O)[nH]c(CCl)c1C(F)F. The van der Waals surface area contributed by atoms with Crippen molar-refractivity contribution in [3.63, 3.8) is 0 Å². The standard InChI is InChI=1S/C8H8ClF2NO/c1-4-2-6(13)12-5(3-9)7(4)8(10)11/h2,8H,3H2,1H3,(H,12,13). The molecule has 1 aromatic rings. The average molecular weight is 208 g/mol. The molecule has 1 heterocycles. The van der Waals surface area contributed by atoms with E-state index in [1.54, 1.807) is 0 Å². The van der Waals surface area contributed by atoms with E-state index in [-0.39, 0.29) is 22.7 Å². The number of aromatic nitrogens is 1. The Hall–Kier alpha value is -0.900. The summed E-state index contributed by atoms with van der Waals surface area (Å²) >= 11 is 5.42. The Kier molecular flexibility index (Phi) is 3.03. The first-order valence-corrected chi connectivity index (χ1v) is 4.16. The number of rotatable bonds is 2. The molecule has 5 heteroatoms. The molecule has 0 aromatic carbocycles. The van der Waals surface area contributed by atoms with Crippen LogP contribution in [0.25, 0.3) is 0 Å². The van der Waals surface area contributed by atoms with Crippen LogP contribution in [0.5, 0.6) is 0 Å². The van der Waals surface area contributed by atoms with Crippen molar-refractivity contribution in [1.82, 2.24) is 4.98 Å². The topological polar surface area (TPSA) is 32.9 Å². The molecule has 1 aromatic heterocycles. The van der Waals surface area contributed by atoms with Crippen LogP contribution < -0.4 is 5.56 Å². The summed E-state index contributed by atoms with van der Waals surface area (Å²) in [5.74, 6) is -0.114. The van der Waals surface area contributed by atoms with Crippen LogP contribution in [0.1, 0.15) is 23.2 Å². The van der Waals surface area contributed by atoms with Gasteiger partial charge in [-0.25, -0.2) is 8.78 Å². The summed E-state index contributed by atoms with van der Waals surface area (Å²) in [6.07, 6.45) is -2.61. The van der Waals surface area contributed by atoms with Crippen molar-refractivity contribution in [3.05, 3.63) is 33.2 Å². The molecule has 0 radical (unpaired) electrons. The number of hydrogen-bond acceptors (Lipinski definition) is 1. The molecule has 0 unspecified atom stereocenters. The van der Waals surface area contributed by atoms with Crippen molar-refractivity contribution < 1.29 is 8.78 Å². The summed E-state index contributed by atoms with van der Waals surface area (Å²) in [5.41, 5.74) is -0.205. The predicted octanol–water partition coefficient (Wildman–Crippen LogP) is 2.36. The van der Waals surface area contributed by atoms with Gasteiger partial charge in [-0.05, 0) is 12.5 Å². The smallest absolute Gasteiger partial charge is 0.265 e. The molecule has 0 fully saturated rings. The van der Waals surface area contributed by atoms with Crippen LogP contribution in [0, 0.1) is 6.92 Å². The number of aryl methyl sites for hydroxylation is 1. The van der Waals surface area contributed by atoms with Crippen LogP contribution in [0.4, 0.5) is 8.78 Å². The molecule has 72 valence electrons. The van der Waals surface area contributed by atoms with E-state index in [4.69, 9.17) is 11.6 Å². The van der Waals surface area contributed by atoms with E-state index in [1.807, 2.05) is 0 Å². The molecule has 0 aliphatic heterocycles. The zero-order valence-corrected chi connectivity index (χ0v) is 7.66. The Morgan fingerprint density at radius 3 is 2.69 bits per heavy atom. The van der Waals surface area contributed by atoms with E-state index in [2.05, 4.69) is 4.98 Å². The van der Waals surface area contributed by atoms with Gasteiger partial charge in [-0.1, -0.05) is 0 Å². The first-order valence-electron chi connectivity index (χ1n) is 3.63. The Morgan fingerprint density at radius 2 is 2.23 bits per heavy atom. The number of pyridine rings is 1. The van der Waals surface area contributed by atoms with Crippen LogP contribution >= 0.6 is 11.6 Å². The van der Waals surface area contributed by atoms with Gasteiger partial charge in [0.05, 0.1) is 5.88 Å². The first kappa shape index (κ1) is 10.2. The van der Waals surface area contributed by atoms with Crippen LogP contribution in [0.2, 0.25) is 0 Å². The van der Waals surface area contributed by atoms with Gasteiger partial charge in [-0.3, -0.25) is 4.79 Å². The minimum Gasteiger partial charge on any atom is -0.324 e. The van der Waals surface area contributed by atoms with E-state index < -0.39 is 12.0 Å². The molecule has 0 atom stereocenters. The van der Waals surface area contributed by atoms with E-state index in [9.17, 15) is 13.6 Å². The van der Waals surface area contributed by atoms with E-state index >= 15 is 0 Å². The van der Waals surface area contributed by atoms with Crippen molar-refractivity contribution in [2.45, 2.75) is 19.2 Å². The van der Waals surface area contributed by atoms with Gasteiger partial charge in [0.25, 0.3) is 6.43 Å². The molecule has 0 saturated carbocycles. The number of hydrogen-bond donors (Lipinski definition) is 1. The van der Waals surface area contributed by atoms with Crippen molar-refractivity contribution in [1.29, 1.82) is 0 Å². The first-order chi connectivity index (χ1) is 6.06. The lowest BCUT2D eigenvalue weighted by atomic mass is 10.1. The van der Waals surface area contributed by atoms with Gasteiger partial charge in [0.15, 0.2) is 0 Å². The van der Waals surface area contributed by atoms with Gasteiger partial charge in [0, 0.05) is 17.3 Å². The fourth-order valence-electron chi connectivity index (χ4n) is 1.17. The highest BCUT2D eigenvalue weighted by atomic mass is 35.5. The van der Waals surface area contributed by atoms with Gasteiger partial charge < -0.3 is 4.98 Å². The second-order valence-corrected chi connectivity index (χ2v) is 2.91. The van der Waals surface area contributed by atoms with Crippen LogP contribution in [-0.2, 0) is 5.88 Å². The molecule has 2 nitrogen and oxygen atoms in total. The molecule has 0 amide bonds. The van der Waals surface area contributed by atoms with Crippen molar-refractivity contribution >= 4 is 11.6 Å². The maximum Gasteiger partial charge on any atom is 0.265 e. The molecular weight excluding hydrogens is 200 g/mol. The normalized spacial score (nSPS) is 10.8. The Labute approximate surface area is 78.5 Å². The third kappa shape index (κ3) is 2.06. The fourth-order valence-corrected chi connectivity index (χ4v) is 1.38. The molecule has 0 saturated heterocycles. The lowest BCUT2D eigenvalue weighted by Crippen LogP contribution is -2.12. The van der Waals surface area contributed by atoms with Gasteiger partial charge >= 0.3 is 0 Å². The second-order valence-electron chi connectivity index (χ2n) is 2.64. The number of aromatic amines is 1. The minimum atomic E-state index is -2.61. The van der Waals surface area contributed by atoms with E-state index in [1.165, 1.54) is 6.92 Å². The van der Waals surface area contributed by atoms with Crippen molar-refractivity contribution in [3.8, 4) is 0 Å². The predicted molar refractivity (Wildman–Crippen MR) is 46.3 cm³/mol. The Bertz CT molecular complexity index is 362. The van der Waals surface area contributed by atoms with E-state index in [0.29, 0.717) is 0 Å². The van der Waals surface area contributed by atoms with Gasteiger partial charge in [0.2, 0.25) is 5.56 Å². The quantitative estimate of drug-likeness (QED) is 0.742. The average Bonchev–Trinajstić information content (AvgIpc) is 2.01. The Morgan fingerprint density at radius 1 is 1.62 bits per heavy atom. The third-order valence-electron chi connectivity index (χ3n) is 1.72.